The van der Waals surface area contributed by atoms with E-state index >= 15 is 0 Å². The van der Waals surface area contributed by atoms with Crippen LogP contribution < -0.4 is 0 Å². The summed E-state index contributed by atoms with van der Waals surface area (Å²) < 4.78 is 0. The topological polar surface area (TPSA) is 25.8 Å². The Morgan fingerprint density at radius 2 is 1.24 bits per heavy atom. The highest BCUT2D eigenvalue weighted by Crippen LogP contribution is 2.17. The molecule has 0 aliphatic carbocycles. The van der Waals surface area contributed by atoms with Crippen molar-refractivity contribution >= 4 is 0 Å². The van der Waals surface area contributed by atoms with Crippen LogP contribution >= 0.6 is 0 Å². The fraction of sp³-hybridized carbons (Fsp3) is 0.565. The van der Waals surface area contributed by atoms with Crippen molar-refractivity contribution in [3.05, 3.63) is 58.2 Å². The van der Waals surface area contributed by atoms with E-state index < -0.39 is 0 Å². The second-order valence-corrected chi connectivity index (χ2v) is 7.79. The molecule has 0 saturated carbocycles. The molecule has 0 atom stereocenters. The van der Waals surface area contributed by atoms with Gasteiger partial charge in [0.2, 0.25) is 0 Å². The van der Waals surface area contributed by atoms with E-state index in [4.69, 9.17) is 0 Å². The second kappa shape index (κ2) is 10.3. The predicted octanol–water partition coefficient (Wildman–Crippen LogP) is 6.05. The fourth-order valence-electron chi connectivity index (χ4n) is 3.08. The van der Waals surface area contributed by atoms with Crippen LogP contribution in [0.3, 0.4) is 0 Å². The van der Waals surface area contributed by atoms with Crippen LogP contribution in [0.1, 0.15) is 68.3 Å². The van der Waals surface area contributed by atoms with Crippen molar-refractivity contribution in [1.29, 1.82) is 0 Å². The standard InChI is InChI=1S/C12H19N.C11H17N/c1-5-12-11(8-9(2)3)10(4)6-7-13-12;1-8(2)7-11-9(3)5-6-12-10(11)4/h6-7,9H,5,8H2,1-4H3;5-6,8H,7H2,1-4H3. The quantitative estimate of drug-likeness (QED) is 0.662. The maximum atomic E-state index is 4.41. The van der Waals surface area contributed by atoms with E-state index in [1.165, 1.54) is 33.6 Å². The molecule has 0 amide bonds. The molecular weight excluding hydrogens is 304 g/mol. The van der Waals surface area contributed by atoms with Crippen LogP contribution in [0.5, 0.6) is 0 Å². The average Bonchev–Trinajstić information content (AvgIpc) is 2.53. The molecule has 2 aromatic rings. The second-order valence-electron chi connectivity index (χ2n) is 7.79. The van der Waals surface area contributed by atoms with Crippen molar-refractivity contribution in [2.75, 3.05) is 0 Å². The van der Waals surface area contributed by atoms with Gasteiger partial charge in [-0.1, -0.05) is 34.6 Å². The number of pyridine rings is 2. The molecule has 2 nitrogen and oxygen atoms in total. The van der Waals surface area contributed by atoms with Crippen LogP contribution in [0.4, 0.5) is 0 Å². The van der Waals surface area contributed by atoms with Gasteiger partial charge in [0, 0.05) is 23.8 Å². The SMILES string of the molecule is CCc1nccc(C)c1CC(C)C.Cc1ccnc(C)c1CC(C)C. The number of aryl methyl sites for hydroxylation is 4. The molecule has 138 valence electrons. The Hall–Kier alpha value is -1.70. The molecule has 0 unspecified atom stereocenters. The number of aromatic nitrogens is 2. The summed E-state index contributed by atoms with van der Waals surface area (Å²) in [5.41, 5.74) is 8.10. The lowest BCUT2D eigenvalue weighted by molar-refractivity contribution is 0.637. The van der Waals surface area contributed by atoms with Gasteiger partial charge in [-0.25, -0.2) is 0 Å². The zero-order chi connectivity index (χ0) is 19.0. The first kappa shape index (κ1) is 21.3. The molecular formula is C23H36N2. The summed E-state index contributed by atoms with van der Waals surface area (Å²) in [7, 11) is 0. The normalized spacial score (nSPS) is 10.8. The number of nitrogens with zero attached hydrogens (tertiary/aromatic N) is 2. The summed E-state index contributed by atoms with van der Waals surface area (Å²) in [6.45, 7) is 17.6. The highest BCUT2D eigenvalue weighted by Gasteiger charge is 2.07. The van der Waals surface area contributed by atoms with Gasteiger partial charge in [-0.2, -0.15) is 0 Å². The van der Waals surface area contributed by atoms with Crippen LogP contribution in [0.25, 0.3) is 0 Å². The molecule has 2 heterocycles. The van der Waals surface area contributed by atoms with Crippen LogP contribution in [-0.4, -0.2) is 9.97 Å². The maximum Gasteiger partial charge on any atom is 0.0435 e. The van der Waals surface area contributed by atoms with Crippen LogP contribution in [-0.2, 0) is 19.3 Å². The fourth-order valence-corrected chi connectivity index (χ4v) is 3.08. The minimum Gasteiger partial charge on any atom is -0.261 e. The van der Waals surface area contributed by atoms with Crippen LogP contribution in [0.2, 0.25) is 0 Å². The first-order chi connectivity index (χ1) is 11.8. The van der Waals surface area contributed by atoms with Crippen molar-refractivity contribution in [2.24, 2.45) is 11.8 Å². The van der Waals surface area contributed by atoms with Crippen molar-refractivity contribution in [2.45, 2.75) is 74.7 Å². The summed E-state index contributed by atoms with van der Waals surface area (Å²) in [5.74, 6) is 1.43. The van der Waals surface area contributed by atoms with Crippen LogP contribution in [0, 0.1) is 32.6 Å². The number of hydrogen-bond acceptors (Lipinski definition) is 2. The van der Waals surface area contributed by atoms with E-state index in [0.29, 0.717) is 11.8 Å². The Labute approximate surface area is 155 Å². The van der Waals surface area contributed by atoms with E-state index in [1.807, 2.05) is 12.4 Å². The van der Waals surface area contributed by atoms with Gasteiger partial charge in [0.1, 0.15) is 0 Å². The number of hydrogen-bond donors (Lipinski definition) is 0. The molecule has 0 N–H and O–H groups in total. The maximum absolute atomic E-state index is 4.41. The van der Waals surface area contributed by atoms with Crippen LogP contribution in [0.15, 0.2) is 24.5 Å². The van der Waals surface area contributed by atoms with Gasteiger partial charge in [-0.3, -0.25) is 9.97 Å². The summed E-state index contributed by atoms with van der Waals surface area (Å²) >= 11 is 0. The Balaban J connectivity index is 0.000000251. The number of rotatable bonds is 5. The van der Waals surface area contributed by atoms with E-state index in [2.05, 4.69) is 77.5 Å². The van der Waals surface area contributed by atoms with Gasteiger partial charge in [-0.15, -0.1) is 0 Å². The van der Waals surface area contributed by atoms with Gasteiger partial charge in [-0.05, 0) is 86.3 Å². The summed E-state index contributed by atoms with van der Waals surface area (Å²) in [5, 5.41) is 0. The van der Waals surface area contributed by atoms with Crippen molar-refractivity contribution in [1.82, 2.24) is 9.97 Å². The summed E-state index contributed by atoms with van der Waals surface area (Å²) in [4.78, 5) is 8.70. The van der Waals surface area contributed by atoms with Crippen molar-refractivity contribution in [3.63, 3.8) is 0 Å². The molecule has 2 aromatic heterocycles. The Morgan fingerprint density at radius 1 is 0.760 bits per heavy atom. The lowest BCUT2D eigenvalue weighted by Gasteiger charge is -2.12. The molecule has 2 heteroatoms. The Morgan fingerprint density at radius 3 is 1.72 bits per heavy atom. The molecule has 0 saturated heterocycles. The van der Waals surface area contributed by atoms with Gasteiger partial charge in [0.15, 0.2) is 0 Å². The lowest BCUT2D eigenvalue weighted by atomic mass is 9.96. The lowest BCUT2D eigenvalue weighted by Crippen LogP contribution is -2.03. The van der Waals surface area contributed by atoms with Crippen molar-refractivity contribution < 1.29 is 0 Å². The molecule has 0 bridgehead atoms. The summed E-state index contributed by atoms with van der Waals surface area (Å²) in [6.07, 6.45) is 7.14. The van der Waals surface area contributed by atoms with Gasteiger partial charge >= 0.3 is 0 Å². The predicted molar refractivity (Wildman–Crippen MR) is 109 cm³/mol. The van der Waals surface area contributed by atoms with Gasteiger partial charge in [0.05, 0.1) is 0 Å². The first-order valence-electron chi connectivity index (χ1n) is 9.60. The molecule has 0 radical (unpaired) electrons. The first-order valence-corrected chi connectivity index (χ1v) is 9.60. The van der Waals surface area contributed by atoms with Crippen molar-refractivity contribution in [3.8, 4) is 0 Å². The van der Waals surface area contributed by atoms with E-state index in [-0.39, 0.29) is 0 Å². The Kier molecular flexibility index (Phi) is 8.82. The smallest absolute Gasteiger partial charge is 0.0435 e. The molecule has 0 spiro atoms. The third kappa shape index (κ3) is 6.97. The molecule has 25 heavy (non-hydrogen) atoms. The third-order valence-corrected chi connectivity index (χ3v) is 4.44. The molecule has 0 aliphatic rings. The van der Waals surface area contributed by atoms with E-state index in [0.717, 1.165) is 19.3 Å². The van der Waals surface area contributed by atoms with Gasteiger partial charge < -0.3 is 0 Å². The zero-order valence-electron chi connectivity index (χ0n) is 17.5. The largest absolute Gasteiger partial charge is 0.261 e. The molecule has 0 fully saturated rings. The highest BCUT2D eigenvalue weighted by atomic mass is 14.7. The van der Waals surface area contributed by atoms with E-state index in [9.17, 15) is 0 Å². The van der Waals surface area contributed by atoms with E-state index in [1.54, 1.807) is 0 Å². The minimum atomic E-state index is 0.714. The highest BCUT2D eigenvalue weighted by molar-refractivity contribution is 5.29. The molecule has 2 rings (SSSR count). The zero-order valence-corrected chi connectivity index (χ0v) is 17.5. The molecule has 0 aliphatic heterocycles. The minimum absolute atomic E-state index is 0.714. The summed E-state index contributed by atoms with van der Waals surface area (Å²) in [6, 6.07) is 4.20. The average molecular weight is 341 g/mol. The van der Waals surface area contributed by atoms with Gasteiger partial charge in [0.25, 0.3) is 0 Å². The Bertz CT molecular complexity index is 637. The monoisotopic (exact) mass is 340 g/mol. The molecule has 0 aromatic carbocycles. The third-order valence-electron chi connectivity index (χ3n) is 4.44.